The molecular weight excluding hydrogens is 302 g/mol. The molecule has 0 radical (unpaired) electrons. The van der Waals surface area contributed by atoms with Crippen LogP contribution in [0.1, 0.15) is 32.4 Å². The quantitative estimate of drug-likeness (QED) is 0.811. The molecule has 3 nitrogen and oxygen atoms in total. The van der Waals surface area contributed by atoms with Crippen LogP contribution in [0.15, 0.2) is 12.1 Å². The van der Waals surface area contributed by atoms with Gasteiger partial charge in [-0.2, -0.15) is 0 Å². The van der Waals surface area contributed by atoms with Crippen molar-refractivity contribution in [3.05, 3.63) is 33.6 Å². The van der Waals surface area contributed by atoms with Crippen LogP contribution in [-0.2, 0) is 4.79 Å². The molecule has 0 heterocycles. The average molecular weight is 321 g/mol. The molecule has 1 aromatic carbocycles. The summed E-state index contributed by atoms with van der Waals surface area (Å²) in [5.74, 6) is -0.528. The second-order valence-electron chi connectivity index (χ2n) is 4.43. The second kappa shape index (κ2) is 7.81. The first-order chi connectivity index (χ1) is 9.42. The molecule has 1 rings (SSSR count). The number of likely N-dealkylation sites (N-methyl/N-ethyl adjacent to an activating group) is 1. The van der Waals surface area contributed by atoms with Gasteiger partial charge in [0.05, 0.1) is 11.6 Å². The number of carbonyl (C=O) groups is 1. The molecule has 0 spiro atoms. The Morgan fingerprint density at radius 1 is 1.35 bits per heavy atom. The lowest BCUT2D eigenvalue weighted by atomic mass is 10.1. The van der Waals surface area contributed by atoms with Gasteiger partial charge in [0.15, 0.2) is 0 Å². The van der Waals surface area contributed by atoms with Gasteiger partial charge in [0.1, 0.15) is 5.82 Å². The highest BCUT2D eigenvalue weighted by Crippen LogP contribution is 2.32. The minimum Gasteiger partial charge on any atom is -0.342 e. The Kier molecular flexibility index (Phi) is 6.72. The van der Waals surface area contributed by atoms with E-state index in [9.17, 15) is 9.18 Å². The van der Waals surface area contributed by atoms with Crippen molar-refractivity contribution < 1.29 is 9.18 Å². The number of hydrogen-bond acceptors (Lipinski definition) is 2. The molecular formula is C14H19Cl2FN2O. The lowest BCUT2D eigenvalue weighted by Crippen LogP contribution is -2.38. The van der Waals surface area contributed by atoms with E-state index in [2.05, 4.69) is 5.32 Å². The molecule has 1 aromatic rings. The van der Waals surface area contributed by atoms with Gasteiger partial charge in [0.2, 0.25) is 5.91 Å². The first kappa shape index (κ1) is 17.2. The van der Waals surface area contributed by atoms with Gasteiger partial charge in [-0.05, 0) is 32.9 Å². The molecule has 0 aliphatic heterocycles. The Hall–Kier alpha value is -0.840. The van der Waals surface area contributed by atoms with Crippen LogP contribution in [0.4, 0.5) is 4.39 Å². The van der Waals surface area contributed by atoms with Crippen molar-refractivity contribution in [1.29, 1.82) is 0 Å². The van der Waals surface area contributed by atoms with E-state index < -0.39 is 5.82 Å². The zero-order chi connectivity index (χ0) is 15.3. The molecule has 1 atom stereocenters. The van der Waals surface area contributed by atoms with Crippen molar-refractivity contribution in [2.24, 2.45) is 0 Å². The van der Waals surface area contributed by atoms with Gasteiger partial charge in [-0.1, -0.05) is 23.2 Å². The fraction of sp³-hybridized carbons (Fsp3) is 0.500. The van der Waals surface area contributed by atoms with Gasteiger partial charge in [-0.3, -0.25) is 4.79 Å². The maximum atomic E-state index is 13.5. The van der Waals surface area contributed by atoms with Gasteiger partial charge in [-0.15, -0.1) is 0 Å². The van der Waals surface area contributed by atoms with Gasteiger partial charge in [0.25, 0.3) is 0 Å². The Morgan fingerprint density at radius 3 is 2.50 bits per heavy atom. The molecule has 112 valence electrons. The minimum absolute atomic E-state index is 0.00668. The van der Waals surface area contributed by atoms with Crippen molar-refractivity contribution in [3.8, 4) is 0 Å². The van der Waals surface area contributed by atoms with E-state index in [0.29, 0.717) is 23.7 Å². The summed E-state index contributed by atoms with van der Waals surface area (Å²) >= 11 is 12.0. The summed E-state index contributed by atoms with van der Waals surface area (Å²) in [6.45, 7) is 7.12. The topological polar surface area (TPSA) is 32.3 Å². The smallest absolute Gasteiger partial charge is 0.236 e. The monoisotopic (exact) mass is 320 g/mol. The molecule has 0 aliphatic rings. The standard InChI is InChI=1S/C14H19Cl2FN2O/c1-4-19(5-2)12(20)8-18-9(3)13-10(15)6-7-11(17)14(13)16/h6-7,9,18H,4-5,8H2,1-3H3. The molecule has 1 amide bonds. The molecule has 0 bridgehead atoms. The van der Waals surface area contributed by atoms with Crippen LogP contribution in [0, 0.1) is 5.82 Å². The van der Waals surface area contributed by atoms with E-state index in [1.54, 1.807) is 11.8 Å². The Bertz CT molecular complexity index is 478. The third kappa shape index (κ3) is 4.08. The van der Waals surface area contributed by atoms with Crippen LogP contribution < -0.4 is 5.32 Å². The maximum absolute atomic E-state index is 13.5. The van der Waals surface area contributed by atoms with E-state index >= 15 is 0 Å². The molecule has 20 heavy (non-hydrogen) atoms. The SMILES string of the molecule is CCN(CC)C(=O)CNC(C)c1c(Cl)ccc(F)c1Cl. The molecule has 1 N–H and O–H groups in total. The zero-order valence-electron chi connectivity index (χ0n) is 11.8. The first-order valence-electron chi connectivity index (χ1n) is 6.56. The lowest BCUT2D eigenvalue weighted by molar-refractivity contribution is -0.129. The van der Waals surface area contributed by atoms with Crippen molar-refractivity contribution in [1.82, 2.24) is 10.2 Å². The highest BCUT2D eigenvalue weighted by molar-refractivity contribution is 6.36. The van der Waals surface area contributed by atoms with Crippen molar-refractivity contribution in [3.63, 3.8) is 0 Å². The minimum atomic E-state index is -0.519. The van der Waals surface area contributed by atoms with E-state index in [4.69, 9.17) is 23.2 Å². The third-order valence-corrected chi connectivity index (χ3v) is 3.90. The summed E-state index contributed by atoms with van der Waals surface area (Å²) < 4.78 is 13.5. The summed E-state index contributed by atoms with van der Waals surface area (Å²) in [6, 6.07) is 2.37. The predicted molar refractivity (Wildman–Crippen MR) is 80.8 cm³/mol. The van der Waals surface area contributed by atoms with Crippen molar-refractivity contribution in [2.75, 3.05) is 19.6 Å². The summed E-state index contributed by atoms with van der Waals surface area (Å²) in [5, 5.41) is 3.40. The van der Waals surface area contributed by atoms with Crippen LogP contribution in [0.3, 0.4) is 0 Å². The molecule has 0 aliphatic carbocycles. The van der Waals surface area contributed by atoms with Gasteiger partial charge in [0, 0.05) is 29.7 Å². The van der Waals surface area contributed by atoms with Gasteiger partial charge in [-0.25, -0.2) is 4.39 Å². The highest BCUT2D eigenvalue weighted by atomic mass is 35.5. The maximum Gasteiger partial charge on any atom is 0.236 e. The number of amides is 1. The Labute approximate surface area is 129 Å². The van der Waals surface area contributed by atoms with Crippen LogP contribution in [0.5, 0.6) is 0 Å². The van der Waals surface area contributed by atoms with Gasteiger partial charge >= 0.3 is 0 Å². The molecule has 1 unspecified atom stereocenters. The largest absolute Gasteiger partial charge is 0.342 e. The molecule has 0 saturated heterocycles. The first-order valence-corrected chi connectivity index (χ1v) is 7.32. The Balaban J connectivity index is 2.75. The number of nitrogens with one attached hydrogen (secondary N) is 1. The van der Waals surface area contributed by atoms with Gasteiger partial charge < -0.3 is 10.2 Å². The fourth-order valence-electron chi connectivity index (χ4n) is 1.97. The average Bonchev–Trinajstić information content (AvgIpc) is 2.42. The van der Waals surface area contributed by atoms with E-state index in [0.717, 1.165) is 0 Å². The molecule has 0 saturated carbocycles. The van der Waals surface area contributed by atoms with Crippen LogP contribution in [0.25, 0.3) is 0 Å². The van der Waals surface area contributed by atoms with Crippen LogP contribution in [-0.4, -0.2) is 30.4 Å². The summed E-state index contributed by atoms with van der Waals surface area (Å²) in [4.78, 5) is 13.6. The molecule has 0 aromatic heterocycles. The summed E-state index contributed by atoms with van der Waals surface area (Å²) in [5.41, 5.74) is 0.473. The summed E-state index contributed by atoms with van der Waals surface area (Å²) in [7, 11) is 0. The van der Waals surface area contributed by atoms with E-state index in [1.165, 1.54) is 12.1 Å². The number of benzene rings is 1. The number of rotatable bonds is 6. The van der Waals surface area contributed by atoms with Crippen molar-refractivity contribution in [2.45, 2.75) is 26.8 Å². The normalized spacial score (nSPS) is 12.3. The highest BCUT2D eigenvalue weighted by Gasteiger charge is 2.18. The van der Waals surface area contributed by atoms with E-state index in [-0.39, 0.29) is 23.5 Å². The number of hydrogen-bond donors (Lipinski definition) is 1. The van der Waals surface area contributed by atoms with Crippen LogP contribution >= 0.6 is 23.2 Å². The zero-order valence-corrected chi connectivity index (χ0v) is 13.4. The third-order valence-electron chi connectivity index (χ3n) is 3.19. The number of halogens is 3. The number of nitrogens with zero attached hydrogens (tertiary/aromatic N) is 1. The number of carbonyl (C=O) groups excluding carboxylic acids is 1. The molecule has 0 fully saturated rings. The second-order valence-corrected chi connectivity index (χ2v) is 5.21. The van der Waals surface area contributed by atoms with Crippen molar-refractivity contribution >= 4 is 29.1 Å². The summed E-state index contributed by atoms with van der Waals surface area (Å²) in [6.07, 6.45) is 0. The van der Waals surface area contributed by atoms with Crippen LogP contribution in [0.2, 0.25) is 10.0 Å². The fourth-order valence-corrected chi connectivity index (χ4v) is 2.67. The lowest BCUT2D eigenvalue weighted by Gasteiger charge is -2.22. The Morgan fingerprint density at radius 2 is 1.95 bits per heavy atom. The van der Waals surface area contributed by atoms with E-state index in [1.807, 2.05) is 13.8 Å². The molecule has 6 heteroatoms. The predicted octanol–water partition coefficient (Wildman–Crippen LogP) is 3.65.